The van der Waals surface area contributed by atoms with Crippen LogP contribution in [0.4, 0.5) is 0 Å². The van der Waals surface area contributed by atoms with Gasteiger partial charge in [-0.05, 0) is 56.0 Å². The van der Waals surface area contributed by atoms with E-state index in [1.165, 1.54) is 0 Å². The van der Waals surface area contributed by atoms with Gasteiger partial charge < -0.3 is 9.73 Å². The predicted octanol–water partition coefficient (Wildman–Crippen LogP) is 4.49. The summed E-state index contributed by atoms with van der Waals surface area (Å²) in [5.41, 5.74) is 0.702. The maximum Gasteiger partial charge on any atom is 0.230 e. The summed E-state index contributed by atoms with van der Waals surface area (Å²) < 4.78 is 5.34. The van der Waals surface area contributed by atoms with E-state index in [-0.39, 0.29) is 17.4 Å². The van der Waals surface area contributed by atoms with Crippen molar-refractivity contribution < 1.29 is 9.21 Å². The minimum atomic E-state index is -0.371. The molecule has 1 unspecified atom stereocenters. The smallest absolute Gasteiger partial charge is 0.230 e. The lowest BCUT2D eigenvalue weighted by Crippen LogP contribution is -2.51. The van der Waals surface area contributed by atoms with Gasteiger partial charge in [0.05, 0.1) is 11.7 Å². The van der Waals surface area contributed by atoms with Crippen LogP contribution < -0.4 is 5.32 Å². The molecule has 0 spiro atoms. The van der Waals surface area contributed by atoms with Crippen molar-refractivity contribution in [1.29, 1.82) is 0 Å². The Hall–Kier alpha value is -1.74. The lowest BCUT2D eigenvalue weighted by molar-refractivity contribution is -0.130. The Kier molecular flexibility index (Phi) is 4.76. The summed E-state index contributed by atoms with van der Waals surface area (Å²) in [6, 6.07) is 11.7. The number of hydrogen-bond donors (Lipinski definition) is 1. The average molecular weight is 332 g/mol. The van der Waals surface area contributed by atoms with Gasteiger partial charge in [0.2, 0.25) is 5.91 Å². The molecule has 3 rings (SSSR count). The molecule has 1 saturated carbocycles. The molecule has 1 aliphatic rings. The molecule has 1 atom stereocenters. The molecule has 1 heterocycles. The van der Waals surface area contributed by atoms with E-state index in [9.17, 15) is 4.79 Å². The number of hydrogen-bond acceptors (Lipinski definition) is 2. The third kappa shape index (κ3) is 3.45. The maximum atomic E-state index is 12.8. The van der Waals surface area contributed by atoms with Gasteiger partial charge in [0.1, 0.15) is 5.76 Å². The molecule has 0 bridgehead atoms. The summed E-state index contributed by atoms with van der Waals surface area (Å²) in [5, 5.41) is 3.89. The second-order valence-corrected chi connectivity index (χ2v) is 6.87. The van der Waals surface area contributed by atoms with Gasteiger partial charge in [-0.3, -0.25) is 4.79 Å². The molecule has 3 nitrogen and oxygen atoms in total. The quantitative estimate of drug-likeness (QED) is 0.847. The Morgan fingerprint density at radius 2 is 2.04 bits per heavy atom. The van der Waals surface area contributed by atoms with E-state index >= 15 is 0 Å². The van der Waals surface area contributed by atoms with E-state index in [1.807, 2.05) is 36.4 Å². The summed E-state index contributed by atoms with van der Waals surface area (Å²) in [4.78, 5) is 12.8. The molecule has 1 amide bonds. The number of carbonyl (C=O) groups excluding carboxylic acids is 1. The van der Waals surface area contributed by atoms with Gasteiger partial charge >= 0.3 is 0 Å². The van der Waals surface area contributed by atoms with Crippen molar-refractivity contribution in [1.82, 2.24) is 5.32 Å². The van der Waals surface area contributed by atoms with Gasteiger partial charge in [0.25, 0.3) is 0 Å². The van der Waals surface area contributed by atoms with Crippen LogP contribution in [0.1, 0.15) is 43.9 Å². The summed E-state index contributed by atoms with van der Waals surface area (Å²) in [5.74, 6) is 1.10. The molecule has 122 valence electrons. The van der Waals surface area contributed by atoms with E-state index in [0.29, 0.717) is 5.02 Å². The highest BCUT2D eigenvalue weighted by atomic mass is 35.5. The highest BCUT2D eigenvalue weighted by molar-refractivity contribution is 6.30. The number of benzene rings is 1. The third-order valence-corrected chi connectivity index (χ3v) is 5.07. The van der Waals surface area contributed by atoms with Crippen molar-refractivity contribution >= 4 is 17.5 Å². The first kappa shape index (κ1) is 16.1. The lowest BCUT2D eigenvalue weighted by Gasteiger charge is -2.41. The number of amides is 1. The van der Waals surface area contributed by atoms with Crippen LogP contribution in [0.3, 0.4) is 0 Å². The minimum Gasteiger partial charge on any atom is -0.469 e. The zero-order valence-corrected chi connectivity index (χ0v) is 14.1. The SMILES string of the molecule is CC(CCc1ccco1)NC(=O)C1(c2ccc(Cl)cc2)CCC1. The number of halogens is 1. The third-order valence-electron chi connectivity index (χ3n) is 4.82. The largest absolute Gasteiger partial charge is 0.469 e. The first-order chi connectivity index (χ1) is 11.1. The Balaban J connectivity index is 1.62. The average Bonchev–Trinajstić information content (AvgIpc) is 2.99. The second-order valence-electron chi connectivity index (χ2n) is 6.44. The van der Waals surface area contributed by atoms with Crippen molar-refractivity contribution in [3.63, 3.8) is 0 Å². The molecular weight excluding hydrogens is 310 g/mol. The fourth-order valence-electron chi connectivity index (χ4n) is 3.19. The second kappa shape index (κ2) is 6.79. The highest BCUT2D eigenvalue weighted by Crippen LogP contribution is 2.44. The van der Waals surface area contributed by atoms with Gasteiger partial charge in [-0.2, -0.15) is 0 Å². The van der Waals surface area contributed by atoms with Crippen molar-refractivity contribution in [3.05, 3.63) is 59.0 Å². The molecule has 0 aliphatic heterocycles. The molecule has 1 aromatic heterocycles. The molecule has 23 heavy (non-hydrogen) atoms. The van der Waals surface area contributed by atoms with Gasteiger partial charge in [-0.25, -0.2) is 0 Å². The molecule has 1 fully saturated rings. The van der Waals surface area contributed by atoms with Crippen molar-refractivity contribution in [3.8, 4) is 0 Å². The zero-order chi connectivity index (χ0) is 16.3. The van der Waals surface area contributed by atoms with Crippen LogP contribution in [0.5, 0.6) is 0 Å². The van der Waals surface area contributed by atoms with Gasteiger partial charge in [0, 0.05) is 17.5 Å². The van der Waals surface area contributed by atoms with Gasteiger partial charge in [-0.1, -0.05) is 30.2 Å². The first-order valence-electron chi connectivity index (χ1n) is 8.19. The molecule has 2 aromatic rings. The number of aryl methyl sites for hydroxylation is 1. The Morgan fingerprint density at radius 3 is 2.61 bits per heavy atom. The lowest BCUT2D eigenvalue weighted by atomic mass is 9.63. The first-order valence-corrected chi connectivity index (χ1v) is 8.57. The number of furan rings is 1. The fraction of sp³-hybridized carbons (Fsp3) is 0.421. The Morgan fingerprint density at radius 1 is 1.30 bits per heavy atom. The van der Waals surface area contributed by atoms with Crippen LogP contribution >= 0.6 is 11.6 Å². The monoisotopic (exact) mass is 331 g/mol. The topological polar surface area (TPSA) is 42.2 Å². The van der Waals surface area contributed by atoms with Crippen LogP contribution in [0.15, 0.2) is 47.1 Å². The van der Waals surface area contributed by atoms with Crippen molar-refractivity contribution in [2.45, 2.75) is 50.5 Å². The summed E-state index contributed by atoms with van der Waals surface area (Å²) >= 11 is 5.97. The van der Waals surface area contributed by atoms with Crippen LogP contribution in [-0.2, 0) is 16.6 Å². The molecule has 4 heteroatoms. The van der Waals surface area contributed by atoms with Crippen LogP contribution in [0.2, 0.25) is 5.02 Å². The maximum absolute atomic E-state index is 12.8. The Labute approximate surface area is 142 Å². The summed E-state index contributed by atoms with van der Waals surface area (Å²) in [7, 11) is 0. The van der Waals surface area contributed by atoms with Crippen molar-refractivity contribution in [2.24, 2.45) is 0 Å². The number of nitrogens with one attached hydrogen (secondary N) is 1. The molecule has 1 N–H and O–H groups in total. The highest BCUT2D eigenvalue weighted by Gasteiger charge is 2.45. The predicted molar refractivity (Wildman–Crippen MR) is 91.6 cm³/mol. The van der Waals surface area contributed by atoms with E-state index in [0.717, 1.165) is 43.4 Å². The van der Waals surface area contributed by atoms with E-state index in [2.05, 4.69) is 12.2 Å². The van der Waals surface area contributed by atoms with Crippen LogP contribution in [-0.4, -0.2) is 11.9 Å². The molecule has 0 saturated heterocycles. The van der Waals surface area contributed by atoms with E-state index in [4.69, 9.17) is 16.0 Å². The fourth-order valence-corrected chi connectivity index (χ4v) is 3.32. The normalized spacial score (nSPS) is 17.3. The molecular formula is C19H22ClNO2. The van der Waals surface area contributed by atoms with E-state index < -0.39 is 0 Å². The van der Waals surface area contributed by atoms with Crippen LogP contribution in [0, 0.1) is 0 Å². The minimum absolute atomic E-state index is 0.123. The van der Waals surface area contributed by atoms with Crippen LogP contribution in [0.25, 0.3) is 0 Å². The van der Waals surface area contributed by atoms with E-state index in [1.54, 1.807) is 6.26 Å². The standard InChI is InChI=1S/C19H22ClNO2/c1-14(5-10-17-4-2-13-23-17)21-18(22)19(11-3-12-19)15-6-8-16(20)9-7-15/h2,4,6-9,13-14H,3,5,10-12H2,1H3,(H,21,22). The van der Waals surface area contributed by atoms with Gasteiger partial charge in [0.15, 0.2) is 0 Å². The molecule has 0 radical (unpaired) electrons. The molecule has 1 aromatic carbocycles. The van der Waals surface area contributed by atoms with Gasteiger partial charge in [-0.15, -0.1) is 0 Å². The Bertz CT molecular complexity index is 645. The van der Waals surface area contributed by atoms with Crippen molar-refractivity contribution in [2.75, 3.05) is 0 Å². The zero-order valence-electron chi connectivity index (χ0n) is 13.3. The molecule has 1 aliphatic carbocycles. The summed E-state index contributed by atoms with van der Waals surface area (Å²) in [6.45, 7) is 2.05. The number of rotatable bonds is 6. The number of carbonyl (C=O) groups is 1. The summed E-state index contributed by atoms with van der Waals surface area (Å²) in [6.07, 6.45) is 6.30.